The van der Waals surface area contributed by atoms with Crippen molar-refractivity contribution in [2.45, 2.75) is 182 Å². The number of ether oxygens (including phenoxy) is 1. The van der Waals surface area contributed by atoms with Gasteiger partial charge in [-0.05, 0) is 142 Å². The Morgan fingerprint density at radius 3 is 2.25 bits per heavy atom. The van der Waals surface area contributed by atoms with Crippen LogP contribution in [0.4, 0.5) is 0 Å². The number of nitrogens with two attached hydrogens (primary N) is 2. The maximum atomic E-state index is 13.1. The highest BCUT2D eigenvalue weighted by atomic mass is 16.5. The van der Waals surface area contributed by atoms with Crippen molar-refractivity contribution in [2.75, 3.05) is 26.2 Å². The van der Waals surface area contributed by atoms with E-state index in [1.165, 1.54) is 70.6 Å². The Hall–Kier alpha value is -1.40. The Morgan fingerprint density at radius 2 is 1.55 bits per heavy atom. The van der Waals surface area contributed by atoms with Crippen LogP contribution in [0.2, 0.25) is 0 Å². The molecule has 0 bridgehead atoms. The molecule has 0 heterocycles. The highest BCUT2D eigenvalue weighted by Crippen LogP contribution is 2.67. The Morgan fingerprint density at radius 1 is 0.843 bits per heavy atom. The first-order valence-corrected chi connectivity index (χ1v) is 22.0. The molecule has 4 aliphatic carbocycles. The summed E-state index contributed by atoms with van der Waals surface area (Å²) in [5, 5.41) is 0. The van der Waals surface area contributed by atoms with Crippen molar-refractivity contribution in [2.24, 2.45) is 63.7 Å². The Labute approximate surface area is 314 Å². The van der Waals surface area contributed by atoms with Crippen LogP contribution in [0.15, 0.2) is 11.6 Å². The predicted octanol–water partition coefficient (Wildman–Crippen LogP) is 10.2. The minimum atomic E-state index is -0.130. The molecule has 3 fully saturated rings. The molecule has 51 heavy (non-hydrogen) atoms. The van der Waals surface area contributed by atoms with E-state index in [0.717, 1.165) is 99.5 Å². The van der Waals surface area contributed by atoms with Crippen LogP contribution in [-0.4, -0.2) is 49.1 Å². The van der Waals surface area contributed by atoms with Gasteiger partial charge in [-0.3, -0.25) is 9.59 Å². The molecule has 0 radical (unpaired) electrons. The fourth-order valence-corrected chi connectivity index (χ4v) is 12.0. The molecule has 4 rings (SSSR count). The lowest BCUT2D eigenvalue weighted by atomic mass is 9.47. The maximum absolute atomic E-state index is 13.1. The van der Waals surface area contributed by atoms with E-state index in [2.05, 4.69) is 47.6 Å². The summed E-state index contributed by atoms with van der Waals surface area (Å²) < 4.78 is 6.11. The number of hydrogen-bond donors (Lipinski definition) is 2. The summed E-state index contributed by atoms with van der Waals surface area (Å²) in [6.07, 6.45) is 25.5. The Balaban J connectivity index is 1.23. The molecule has 9 atom stereocenters. The normalized spacial score (nSPS) is 31.3. The summed E-state index contributed by atoms with van der Waals surface area (Å²) in [7, 11) is 0. The fourth-order valence-electron chi connectivity index (χ4n) is 12.0. The average molecular weight is 712 g/mol. The SMILES string of the molecule is CCC(CCC(C)[C@H]1CC[C@H]2[C@@H]3CC=C4C[C@@H](OC(=O)CCCC(=O)N(CCCN)CCCCCCCCN)CC[C@]4(C)[C@H]3CC[C@]12C)C(C)C. The van der Waals surface area contributed by atoms with Crippen LogP contribution in [0.1, 0.15) is 176 Å². The molecule has 4 N–H and O–H groups in total. The third-order valence-corrected chi connectivity index (χ3v) is 15.2. The molecular weight excluding hydrogens is 631 g/mol. The van der Waals surface area contributed by atoms with Crippen molar-refractivity contribution in [1.29, 1.82) is 0 Å². The molecular formula is C45H81N3O3. The van der Waals surface area contributed by atoms with E-state index in [9.17, 15) is 9.59 Å². The highest BCUT2D eigenvalue weighted by molar-refractivity contribution is 5.77. The van der Waals surface area contributed by atoms with Gasteiger partial charge in [0.2, 0.25) is 5.91 Å². The molecule has 4 aliphatic rings. The smallest absolute Gasteiger partial charge is 0.306 e. The lowest BCUT2D eigenvalue weighted by Gasteiger charge is -2.58. The highest BCUT2D eigenvalue weighted by Gasteiger charge is 2.59. The van der Waals surface area contributed by atoms with Crippen LogP contribution in [0.25, 0.3) is 0 Å². The number of rotatable bonds is 22. The molecule has 0 aromatic rings. The van der Waals surface area contributed by atoms with E-state index in [1.807, 2.05) is 4.90 Å². The number of esters is 1. The van der Waals surface area contributed by atoms with Gasteiger partial charge in [0.1, 0.15) is 6.10 Å². The summed E-state index contributed by atoms with van der Waals surface area (Å²) in [5.74, 6) is 5.86. The first kappa shape index (κ1) is 42.3. The zero-order chi connectivity index (χ0) is 37.0. The van der Waals surface area contributed by atoms with Crippen LogP contribution >= 0.6 is 0 Å². The summed E-state index contributed by atoms with van der Waals surface area (Å²) >= 11 is 0. The van der Waals surface area contributed by atoms with Gasteiger partial charge in [-0.25, -0.2) is 0 Å². The first-order chi connectivity index (χ1) is 24.5. The van der Waals surface area contributed by atoms with Crippen LogP contribution in [-0.2, 0) is 14.3 Å². The minimum absolute atomic E-state index is 0.0154. The Bertz CT molecular complexity index is 1110. The largest absolute Gasteiger partial charge is 0.462 e. The van der Waals surface area contributed by atoms with Gasteiger partial charge in [-0.1, -0.05) is 91.7 Å². The zero-order valence-electron chi connectivity index (χ0n) is 34.2. The van der Waals surface area contributed by atoms with Crippen LogP contribution in [0.3, 0.4) is 0 Å². The van der Waals surface area contributed by atoms with Crippen molar-refractivity contribution in [3.8, 4) is 0 Å². The van der Waals surface area contributed by atoms with Gasteiger partial charge >= 0.3 is 5.97 Å². The van der Waals surface area contributed by atoms with E-state index in [4.69, 9.17) is 16.2 Å². The molecule has 6 heteroatoms. The second-order valence-corrected chi connectivity index (χ2v) is 18.6. The summed E-state index contributed by atoms with van der Waals surface area (Å²) in [4.78, 5) is 28.1. The molecule has 0 aromatic carbocycles. The Kier molecular flexibility index (Phi) is 16.9. The average Bonchev–Trinajstić information content (AvgIpc) is 3.46. The molecule has 0 spiro atoms. The van der Waals surface area contributed by atoms with Crippen molar-refractivity contribution < 1.29 is 14.3 Å². The molecule has 1 amide bonds. The standard InChI is InChI=1S/C45H81N3O3/c1-7-35(33(2)3)19-18-34(4)39-22-23-40-38-21-20-36-32-37(24-26-44(36,5)41(38)25-27-45(39,40)6)51-43(50)17-14-16-42(49)48(31-15-29-47)30-13-11-9-8-10-12-28-46/h20,33-35,37-41H,7-19,21-32,46-47H2,1-6H3/t34?,35?,37-,38-,39+,40-,41-,44-,45+/m0/s1. The van der Waals surface area contributed by atoms with E-state index in [0.29, 0.717) is 37.8 Å². The first-order valence-electron chi connectivity index (χ1n) is 22.0. The summed E-state index contributed by atoms with van der Waals surface area (Å²) in [6.45, 7) is 17.9. The molecule has 0 saturated heterocycles. The topological polar surface area (TPSA) is 98.7 Å². The second-order valence-electron chi connectivity index (χ2n) is 18.6. The van der Waals surface area contributed by atoms with Crippen LogP contribution in [0, 0.1) is 52.3 Å². The van der Waals surface area contributed by atoms with E-state index in [1.54, 1.807) is 5.57 Å². The quantitative estimate of drug-likeness (QED) is 0.0662. The number of unbranched alkanes of at least 4 members (excludes halogenated alkanes) is 5. The second kappa shape index (κ2) is 20.3. The van der Waals surface area contributed by atoms with Gasteiger partial charge in [0.15, 0.2) is 0 Å². The molecule has 2 unspecified atom stereocenters. The van der Waals surface area contributed by atoms with Gasteiger partial charge in [0.25, 0.3) is 0 Å². The number of amides is 1. The number of carbonyl (C=O) groups excluding carboxylic acids is 2. The lowest BCUT2D eigenvalue weighted by Crippen LogP contribution is -2.51. The van der Waals surface area contributed by atoms with Gasteiger partial charge in [0.05, 0.1) is 0 Å². The molecule has 0 aromatic heterocycles. The van der Waals surface area contributed by atoms with Gasteiger partial charge in [-0.2, -0.15) is 0 Å². The minimum Gasteiger partial charge on any atom is -0.462 e. The number of fused-ring (bicyclic) bond motifs is 5. The van der Waals surface area contributed by atoms with Crippen LogP contribution in [0.5, 0.6) is 0 Å². The maximum Gasteiger partial charge on any atom is 0.306 e. The van der Waals surface area contributed by atoms with Gasteiger partial charge in [0, 0.05) is 32.4 Å². The zero-order valence-corrected chi connectivity index (χ0v) is 34.2. The molecule has 0 aliphatic heterocycles. The van der Waals surface area contributed by atoms with Gasteiger partial charge in [-0.15, -0.1) is 0 Å². The van der Waals surface area contributed by atoms with Crippen molar-refractivity contribution >= 4 is 11.9 Å². The van der Waals surface area contributed by atoms with Crippen LogP contribution < -0.4 is 11.5 Å². The third-order valence-electron chi connectivity index (χ3n) is 15.2. The van der Waals surface area contributed by atoms with Gasteiger partial charge < -0.3 is 21.1 Å². The summed E-state index contributed by atoms with van der Waals surface area (Å²) in [6, 6.07) is 0. The number of carbonyl (C=O) groups is 2. The molecule has 6 nitrogen and oxygen atoms in total. The molecule has 3 saturated carbocycles. The number of hydrogen-bond acceptors (Lipinski definition) is 5. The number of allylic oxidation sites excluding steroid dienone is 1. The van der Waals surface area contributed by atoms with E-state index >= 15 is 0 Å². The predicted molar refractivity (Wildman–Crippen MR) is 213 cm³/mol. The third kappa shape index (κ3) is 10.9. The monoisotopic (exact) mass is 712 g/mol. The van der Waals surface area contributed by atoms with E-state index < -0.39 is 0 Å². The fraction of sp³-hybridized carbons (Fsp3) is 0.911. The van der Waals surface area contributed by atoms with Crippen molar-refractivity contribution in [3.05, 3.63) is 11.6 Å². The van der Waals surface area contributed by atoms with Crippen molar-refractivity contribution in [3.63, 3.8) is 0 Å². The molecule has 294 valence electrons. The summed E-state index contributed by atoms with van der Waals surface area (Å²) in [5.41, 5.74) is 13.7. The lowest BCUT2D eigenvalue weighted by molar-refractivity contribution is -0.151. The van der Waals surface area contributed by atoms with E-state index in [-0.39, 0.29) is 23.4 Å². The number of nitrogens with zero attached hydrogens (tertiary/aromatic N) is 1. The van der Waals surface area contributed by atoms with Crippen molar-refractivity contribution in [1.82, 2.24) is 4.90 Å².